The molecule has 112 valence electrons. The van der Waals surface area contributed by atoms with Crippen LogP contribution in [0, 0.1) is 5.41 Å². The summed E-state index contributed by atoms with van der Waals surface area (Å²) >= 11 is 1.41. The Morgan fingerprint density at radius 3 is 2.75 bits per heavy atom. The minimum absolute atomic E-state index is 0.0340. The molecule has 2 N–H and O–H groups in total. The number of hydrogen-bond donors (Lipinski definition) is 2. The molecule has 0 aliphatic rings. The maximum Gasteiger partial charge on any atom is 0.311 e. The van der Waals surface area contributed by atoms with Gasteiger partial charge in [-0.3, -0.25) is 9.59 Å². The highest BCUT2D eigenvalue weighted by Crippen LogP contribution is 2.20. The molecule has 0 spiro atoms. The van der Waals surface area contributed by atoms with Crippen LogP contribution in [0.15, 0.2) is 5.38 Å². The Labute approximate surface area is 122 Å². The van der Waals surface area contributed by atoms with E-state index in [-0.39, 0.29) is 18.3 Å². The minimum Gasteiger partial charge on any atom is -0.466 e. The SMILES string of the molecule is CCOC(=O)Cc1csc(NCC(C)(C)C(=O)NC)n1. The topological polar surface area (TPSA) is 80.3 Å². The summed E-state index contributed by atoms with van der Waals surface area (Å²) in [5, 5.41) is 8.26. The van der Waals surface area contributed by atoms with Crippen molar-refractivity contribution in [2.45, 2.75) is 27.2 Å². The van der Waals surface area contributed by atoms with Gasteiger partial charge in [-0.1, -0.05) is 0 Å². The summed E-state index contributed by atoms with van der Waals surface area (Å²) in [5.41, 5.74) is 0.149. The molecular formula is C13H21N3O3S. The number of thiazole rings is 1. The minimum atomic E-state index is -0.526. The van der Waals surface area contributed by atoms with E-state index in [1.165, 1.54) is 11.3 Å². The van der Waals surface area contributed by atoms with Crippen LogP contribution >= 0.6 is 11.3 Å². The number of carbonyl (C=O) groups is 2. The van der Waals surface area contributed by atoms with Crippen molar-refractivity contribution in [2.24, 2.45) is 5.41 Å². The zero-order valence-electron chi connectivity index (χ0n) is 12.3. The summed E-state index contributed by atoms with van der Waals surface area (Å²) in [6.45, 7) is 6.32. The second-order valence-corrected chi connectivity index (χ2v) is 5.80. The van der Waals surface area contributed by atoms with Gasteiger partial charge in [0.15, 0.2) is 5.13 Å². The fourth-order valence-corrected chi connectivity index (χ4v) is 2.25. The molecule has 1 rings (SSSR count). The highest BCUT2D eigenvalue weighted by Gasteiger charge is 2.26. The first-order valence-electron chi connectivity index (χ1n) is 6.45. The molecule has 1 aromatic rings. The Balaban J connectivity index is 2.52. The first-order valence-corrected chi connectivity index (χ1v) is 7.33. The zero-order chi connectivity index (χ0) is 15.2. The van der Waals surface area contributed by atoms with Gasteiger partial charge in [-0.15, -0.1) is 11.3 Å². The largest absolute Gasteiger partial charge is 0.466 e. The van der Waals surface area contributed by atoms with E-state index in [0.29, 0.717) is 24.0 Å². The van der Waals surface area contributed by atoms with E-state index in [1.54, 1.807) is 14.0 Å². The van der Waals surface area contributed by atoms with Crippen LogP contribution in [0.5, 0.6) is 0 Å². The van der Waals surface area contributed by atoms with E-state index in [2.05, 4.69) is 15.6 Å². The number of nitrogens with zero attached hydrogens (tertiary/aromatic N) is 1. The maximum absolute atomic E-state index is 11.6. The van der Waals surface area contributed by atoms with E-state index in [1.807, 2.05) is 19.2 Å². The van der Waals surface area contributed by atoms with Gasteiger partial charge in [-0.2, -0.15) is 0 Å². The number of esters is 1. The van der Waals surface area contributed by atoms with Gasteiger partial charge in [-0.05, 0) is 20.8 Å². The molecule has 1 amide bonds. The van der Waals surface area contributed by atoms with Crippen molar-refractivity contribution in [2.75, 3.05) is 25.5 Å². The zero-order valence-corrected chi connectivity index (χ0v) is 13.1. The predicted molar refractivity (Wildman–Crippen MR) is 78.8 cm³/mol. The van der Waals surface area contributed by atoms with Gasteiger partial charge in [-0.25, -0.2) is 4.98 Å². The molecule has 0 saturated heterocycles. The Morgan fingerprint density at radius 1 is 1.45 bits per heavy atom. The average Bonchev–Trinajstić information content (AvgIpc) is 2.83. The summed E-state index contributed by atoms with van der Waals surface area (Å²) in [5.74, 6) is -0.316. The number of hydrogen-bond acceptors (Lipinski definition) is 6. The molecule has 0 aliphatic carbocycles. The lowest BCUT2D eigenvalue weighted by atomic mass is 9.92. The molecule has 1 heterocycles. The van der Waals surface area contributed by atoms with Crippen LogP contribution in [0.2, 0.25) is 0 Å². The van der Waals surface area contributed by atoms with Gasteiger partial charge in [0.05, 0.1) is 24.1 Å². The number of aromatic nitrogens is 1. The Bertz CT molecular complexity index is 471. The fourth-order valence-electron chi connectivity index (χ4n) is 1.54. The van der Waals surface area contributed by atoms with Crippen LogP contribution in [0.3, 0.4) is 0 Å². The standard InChI is InChI=1S/C13H21N3O3S/c1-5-19-10(17)6-9-7-20-12(16-9)15-8-13(2,3)11(18)14-4/h7H,5-6,8H2,1-4H3,(H,14,18)(H,15,16). The molecule has 7 heteroatoms. The molecule has 0 unspecified atom stereocenters. The molecule has 0 aromatic carbocycles. The van der Waals surface area contributed by atoms with E-state index < -0.39 is 5.41 Å². The smallest absolute Gasteiger partial charge is 0.311 e. The van der Waals surface area contributed by atoms with Gasteiger partial charge in [0.25, 0.3) is 0 Å². The lowest BCUT2D eigenvalue weighted by Crippen LogP contribution is -2.39. The molecular weight excluding hydrogens is 278 g/mol. The van der Waals surface area contributed by atoms with E-state index in [0.717, 1.165) is 0 Å². The summed E-state index contributed by atoms with van der Waals surface area (Å²) in [4.78, 5) is 27.3. The van der Waals surface area contributed by atoms with Gasteiger partial charge < -0.3 is 15.4 Å². The van der Waals surface area contributed by atoms with Crippen LogP contribution < -0.4 is 10.6 Å². The van der Waals surface area contributed by atoms with Crippen molar-refractivity contribution < 1.29 is 14.3 Å². The third kappa shape index (κ3) is 4.80. The van der Waals surface area contributed by atoms with Gasteiger partial charge >= 0.3 is 5.97 Å². The molecule has 20 heavy (non-hydrogen) atoms. The summed E-state index contributed by atoms with van der Waals surface area (Å²) in [6.07, 6.45) is 0.171. The molecule has 0 radical (unpaired) electrons. The van der Waals surface area contributed by atoms with Crippen LogP contribution in [-0.4, -0.2) is 37.1 Å². The van der Waals surface area contributed by atoms with Gasteiger partial charge in [0, 0.05) is 19.0 Å². The van der Waals surface area contributed by atoms with Crippen LogP contribution in [-0.2, 0) is 20.7 Å². The summed E-state index contributed by atoms with van der Waals surface area (Å²) in [7, 11) is 1.62. The number of amides is 1. The molecule has 1 aromatic heterocycles. The predicted octanol–water partition coefficient (Wildman–Crippen LogP) is 1.43. The normalized spacial score (nSPS) is 11.0. The second kappa shape index (κ2) is 7.23. The third-order valence-electron chi connectivity index (χ3n) is 2.71. The van der Waals surface area contributed by atoms with Crippen molar-refractivity contribution in [3.8, 4) is 0 Å². The van der Waals surface area contributed by atoms with Crippen LogP contribution in [0.4, 0.5) is 5.13 Å². The molecule has 0 atom stereocenters. The molecule has 0 fully saturated rings. The van der Waals surface area contributed by atoms with Crippen molar-refractivity contribution in [3.63, 3.8) is 0 Å². The maximum atomic E-state index is 11.6. The van der Waals surface area contributed by atoms with Gasteiger partial charge in [0.1, 0.15) is 0 Å². The highest BCUT2D eigenvalue weighted by molar-refractivity contribution is 7.13. The number of rotatable bonds is 7. The Hall–Kier alpha value is -1.63. The van der Waals surface area contributed by atoms with Crippen LogP contribution in [0.25, 0.3) is 0 Å². The van der Waals surface area contributed by atoms with Crippen molar-refractivity contribution in [1.29, 1.82) is 0 Å². The molecule has 0 aliphatic heterocycles. The second-order valence-electron chi connectivity index (χ2n) is 4.94. The fraction of sp³-hybridized carbons (Fsp3) is 0.615. The number of nitrogens with one attached hydrogen (secondary N) is 2. The Kier molecular flexibility index (Phi) is 5.94. The Morgan fingerprint density at radius 2 is 2.15 bits per heavy atom. The highest BCUT2D eigenvalue weighted by atomic mass is 32.1. The van der Waals surface area contributed by atoms with E-state index in [4.69, 9.17) is 4.74 Å². The van der Waals surface area contributed by atoms with Crippen molar-refractivity contribution in [3.05, 3.63) is 11.1 Å². The molecule has 6 nitrogen and oxygen atoms in total. The van der Waals surface area contributed by atoms with Crippen LogP contribution in [0.1, 0.15) is 26.5 Å². The van der Waals surface area contributed by atoms with Gasteiger partial charge in [0.2, 0.25) is 5.91 Å². The quantitative estimate of drug-likeness (QED) is 0.745. The number of anilines is 1. The third-order valence-corrected chi connectivity index (χ3v) is 3.55. The summed E-state index contributed by atoms with van der Waals surface area (Å²) < 4.78 is 4.87. The van der Waals surface area contributed by atoms with Crippen molar-refractivity contribution in [1.82, 2.24) is 10.3 Å². The lowest BCUT2D eigenvalue weighted by Gasteiger charge is -2.22. The lowest BCUT2D eigenvalue weighted by molar-refractivity contribution is -0.142. The summed E-state index contributed by atoms with van der Waals surface area (Å²) in [6, 6.07) is 0. The average molecular weight is 299 g/mol. The monoisotopic (exact) mass is 299 g/mol. The first-order chi connectivity index (χ1) is 9.39. The molecule has 0 bridgehead atoms. The van der Waals surface area contributed by atoms with Crippen molar-refractivity contribution >= 4 is 28.3 Å². The number of ether oxygens (including phenoxy) is 1. The van der Waals surface area contributed by atoms with E-state index in [9.17, 15) is 9.59 Å². The first kappa shape index (κ1) is 16.4. The number of carbonyl (C=O) groups excluding carboxylic acids is 2. The molecule has 0 saturated carbocycles. The van der Waals surface area contributed by atoms with E-state index >= 15 is 0 Å².